The van der Waals surface area contributed by atoms with Crippen molar-refractivity contribution in [2.24, 2.45) is 5.41 Å². The number of halogens is 2. The van der Waals surface area contributed by atoms with E-state index in [1.54, 1.807) is 13.0 Å². The first kappa shape index (κ1) is 16.5. The lowest BCUT2D eigenvalue weighted by Gasteiger charge is -2.34. The smallest absolute Gasteiger partial charge is 0.239 e. The second-order valence-corrected chi connectivity index (χ2v) is 8.00. The quantitative estimate of drug-likeness (QED) is 0.674. The van der Waals surface area contributed by atoms with Gasteiger partial charge in [-0.05, 0) is 54.9 Å². The molecule has 3 aromatic rings. The molecule has 5 nitrogen and oxygen atoms in total. The third-order valence-electron chi connectivity index (χ3n) is 6.49. The molecule has 2 heterocycles. The summed E-state index contributed by atoms with van der Waals surface area (Å²) < 4.78 is 34.0. The van der Waals surface area contributed by atoms with Crippen LogP contribution < -0.4 is 0 Å². The molecule has 1 aromatic carbocycles. The molecule has 2 aliphatic rings. The molecule has 1 saturated carbocycles. The Morgan fingerprint density at radius 3 is 2.56 bits per heavy atom. The van der Waals surface area contributed by atoms with Crippen molar-refractivity contribution in [1.29, 1.82) is 0 Å². The highest BCUT2D eigenvalue weighted by Gasteiger charge is 2.67. The number of hydrogen-bond donors (Lipinski definition) is 0. The third-order valence-corrected chi connectivity index (χ3v) is 6.49. The second kappa shape index (κ2) is 5.18. The Hall–Kier alpha value is -2.70. The fourth-order valence-electron chi connectivity index (χ4n) is 5.13. The molecule has 0 unspecified atom stereocenters. The van der Waals surface area contributed by atoms with Crippen LogP contribution in [0.15, 0.2) is 28.8 Å². The summed E-state index contributed by atoms with van der Waals surface area (Å²) in [4.78, 5) is 4.50. The zero-order chi connectivity index (χ0) is 19.0. The van der Waals surface area contributed by atoms with Gasteiger partial charge in [-0.2, -0.15) is 10.1 Å². The van der Waals surface area contributed by atoms with Gasteiger partial charge in [0.05, 0.1) is 22.4 Å². The Balaban J connectivity index is 1.73. The van der Waals surface area contributed by atoms with Gasteiger partial charge < -0.3 is 4.52 Å². The van der Waals surface area contributed by atoms with Crippen molar-refractivity contribution in [2.45, 2.75) is 44.9 Å². The molecule has 138 valence electrons. The van der Waals surface area contributed by atoms with Crippen LogP contribution in [0.25, 0.3) is 11.3 Å². The number of aromatic nitrogens is 4. The molecule has 2 aliphatic carbocycles. The highest BCUT2D eigenvalue weighted by molar-refractivity contribution is 5.63. The van der Waals surface area contributed by atoms with E-state index in [1.807, 2.05) is 0 Å². The molecule has 0 saturated heterocycles. The van der Waals surface area contributed by atoms with E-state index in [9.17, 15) is 8.78 Å². The minimum atomic E-state index is -0.645. The average molecular weight is 368 g/mol. The molecule has 5 rings (SSSR count). The van der Waals surface area contributed by atoms with Crippen LogP contribution in [-0.2, 0) is 5.41 Å². The number of aryl methyl sites for hydroxylation is 1. The Labute approximate surface area is 154 Å². The maximum Gasteiger partial charge on any atom is 0.239 e. The second-order valence-electron chi connectivity index (χ2n) is 8.00. The number of fused-ring (bicyclic) bond motifs is 5. The fraction of sp³-hybridized carbons (Fsp3) is 0.400. The predicted octanol–water partition coefficient (Wildman–Crippen LogP) is 4.32. The van der Waals surface area contributed by atoms with Gasteiger partial charge in [0.1, 0.15) is 11.6 Å². The summed E-state index contributed by atoms with van der Waals surface area (Å²) in [6, 6.07) is 5.57. The van der Waals surface area contributed by atoms with Crippen molar-refractivity contribution in [2.75, 3.05) is 0 Å². The van der Waals surface area contributed by atoms with Gasteiger partial charge in [-0.15, -0.1) is 5.10 Å². The highest BCUT2D eigenvalue weighted by Crippen LogP contribution is 2.69. The molecular formula is C20H18F2N4O. The van der Waals surface area contributed by atoms with Gasteiger partial charge in [-0.3, -0.25) is 0 Å². The molecule has 2 atom stereocenters. The summed E-state index contributed by atoms with van der Waals surface area (Å²) in [6.07, 6.45) is 1.76. The Bertz CT molecular complexity index is 1060. The fourth-order valence-corrected chi connectivity index (χ4v) is 5.13. The molecule has 27 heavy (non-hydrogen) atoms. The van der Waals surface area contributed by atoms with E-state index < -0.39 is 17.0 Å². The average Bonchev–Trinajstić information content (AvgIpc) is 3.22. The van der Waals surface area contributed by atoms with Gasteiger partial charge in [0.15, 0.2) is 5.82 Å². The monoisotopic (exact) mass is 368 g/mol. The third kappa shape index (κ3) is 1.91. The van der Waals surface area contributed by atoms with Gasteiger partial charge >= 0.3 is 0 Å². The molecular weight excluding hydrogens is 350 g/mol. The minimum absolute atomic E-state index is 0.143. The maximum absolute atomic E-state index is 14.2. The topological polar surface area (TPSA) is 64.7 Å². The predicted molar refractivity (Wildman–Crippen MR) is 93.0 cm³/mol. The largest absolute Gasteiger partial charge is 0.338 e. The molecule has 2 aromatic heterocycles. The molecule has 1 fully saturated rings. The van der Waals surface area contributed by atoms with Gasteiger partial charge in [0, 0.05) is 0 Å². The highest BCUT2D eigenvalue weighted by atomic mass is 19.1. The normalized spacial score (nSPS) is 25.0. The van der Waals surface area contributed by atoms with Crippen LogP contribution >= 0.6 is 0 Å². The molecule has 0 N–H and O–H groups in total. The molecule has 2 bridgehead atoms. The van der Waals surface area contributed by atoms with Crippen LogP contribution in [-0.4, -0.2) is 20.3 Å². The van der Waals surface area contributed by atoms with E-state index >= 15 is 0 Å². The standard InChI is InChI=1S/C20H18F2N4O/c1-10-23-18(27-26-10)20-8-7-12(19(20,2)3)11-9-15(24-25-17(11)20)16-13(21)5-4-6-14(16)22/h4-6,9,12H,7-8H2,1-3H3/t12-,20+/m0/s1. The zero-order valence-electron chi connectivity index (χ0n) is 15.3. The van der Waals surface area contributed by atoms with Gasteiger partial charge in [0.2, 0.25) is 5.89 Å². The summed E-state index contributed by atoms with van der Waals surface area (Å²) in [7, 11) is 0. The Morgan fingerprint density at radius 2 is 1.89 bits per heavy atom. The van der Waals surface area contributed by atoms with E-state index in [-0.39, 0.29) is 22.6 Å². The van der Waals surface area contributed by atoms with Crippen molar-refractivity contribution in [3.63, 3.8) is 0 Å². The SMILES string of the molecule is Cc1noc([C@@]23CC[C@@H](c4cc(-c5c(F)cccc5F)nnc42)C3(C)C)n1. The van der Waals surface area contributed by atoms with Gasteiger partial charge in [-0.25, -0.2) is 8.78 Å². The first-order chi connectivity index (χ1) is 12.9. The molecule has 7 heteroatoms. The van der Waals surface area contributed by atoms with Crippen LogP contribution in [0.4, 0.5) is 8.78 Å². The van der Waals surface area contributed by atoms with Crippen molar-refractivity contribution in [3.8, 4) is 11.3 Å². The summed E-state index contributed by atoms with van der Waals surface area (Å²) in [5.74, 6) is 0.0158. The van der Waals surface area contributed by atoms with Crippen LogP contribution in [0.5, 0.6) is 0 Å². The van der Waals surface area contributed by atoms with E-state index in [0.717, 1.165) is 24.1 Å². The van der Waals surface area contributed by atoms with Crippen molar-refractivity contribution >= 4 is 0 Å². The summed E-state index contributed by atoms with van der Waals surface area (Å²) in [5.41, 5.74) is 1.09. The number of hydrogen-bond acceptors (Lipinski definition) is 5. The Kier molecular flexibility index (Phi) is 3.16. The van der Waals surface area contributed by atoms with Crippen molar-refractivity contribution < 1.29 is 13.3 Å². The number of benzene rings is 1. The lowest BCUT2D eigenvalue weighted by atomic mass is 9.68. The zero-order valence-corrected chi connectivity index (χ0v) is 15.3. The van der Waals surface area contributed by atoms with Crippen molar-refractivity contribution in [3.05, 3.63) is 58.9 Å². The Morgan fingerprint density at radius 1 is 1.15 bits per heavy atom. The van der Waals surface area contributed by atoms with Crippen LogP contribution in [0.1, 0.15) is 55.6 Å². The van der Waals surface area contributed by atoms with E-state index in [4.69, 9.17) is 4.52 Å². The van der Waals surface area contributed by atoms with Gasteiger partial charge in [0.25, 0.3) is 0 Å². The van der Waals surface area contributed by atoms with E-state index in [2.05, 4.69) is 34.2 Å². The lowest BCUT2D eigenvalue weighted by molar-refractivity contribution is 0.191. The van der Waals surface area contributed by atoms with Crippen LogP contribution in [0.3, 0.4) is 0 Å². The van der Waals surface area contributed by atoms with Crippen molar-refractivity contribution in [1.82, 2.24) is 20.3 Å². The molecule has 0 aliphatic heterocycles. The van der Waals surface area contributed by atoms with E-state index in [0.29, 0.717) is 11.7 Å². The molecule has 0 spiro atoms. The van der Waals surface area contributed by atoms with Crippen LogP contribution in [0.2, 0.25) is 0 Å². The summed E-state index contributed by atoms with van der Waals surface area (Å²) >= 11 is 0. The lowest BCUT2D eigenvalue weighted by Crippen LogP contribution is -2.37. The minimum Gasteiger partial charge on any atom is -0.338 e. The first-order valence-electron chi connectivity index (χ1n) is 8.99. The van der Waals surface area contributed by atoms with Gasteiger partial charge in [-0.1, -0.05) is 25.1 Å². The number of nitrogens with zero attached hydrogens (tertiary/aromatic N) is 4. The molecule has 0 radical (unpaired) electrons. The maximum atomic E-state index is 14.2. The molecule has 0 amide bonds. The van der Waals surface area contributed by atoms with E-state index in [1.165, 1.54) is 18.2 Å². The van der Waals surface area contributed by atoms with Crippen LogP contribution in [0, 0.1) is 24.0 Å². The first-order valence-corrected chi connectivity index (χ1v) is 8.99. The number of rotatable bonds is 2. The summed E-state index contributed by atoms with van der Waals surface area (Å²) in [5, 5.41) is 12.6. The summed E-state index contributed by atoms with van der Waals surface area (Å²) in [6.45, 7) is 6.11.